The normalized spacial score (nSPS) is 13.3. The number of hydrogen-bond donors (Lipinski definition) is 3. The number of carbonyl (C=O) groups is 1. The number of amides is 1. The molecular formula is C19H24N2O2. The van der Waals surface area contributed by atoms with E-state index in [1.54, 1.807) is 0 Å². The molecule has 2 rings (SSSR count). The maximum atomic E-state index is 11.0. The van der Waals surface area contributed by atoms with Gasteiger partial charge in [-0.3, -0.25) is 0 Å². The number of carboxylic acid groups (broad SMARTS) is 1. The van der Waals surface area contributed by atoms with Gasteiger partial charge in [-0.05, 0) is 36.8 Å². The van der Waals surface area contributed by atoms with Crippen molar-refractivity contribution >= 4 is 6.09 Å². The van der Waals surface area contributed by atoms with Crippen molar-refractivity contribution in [3.63, 3.8) is 0 Å². The summed E-state index contributed by atoms with van der Waals surface area (Å²) in [5.41, 5.74) is 8.54. The summed E-state index contributed by atoms with van der Waals surface area (Å²) in [6.45, 7) is 0. The third-order valence-corrected chi connectivity index (χ3v) is 3.88. The molecule has 0 aliphatic carbocycles. The van der Waals surface area contributed by atoms with Gasteiger partial charge < -0.3 is 16.2 Å². The zero-order valence-corrected chi connectivity index (χ0v) is 13.2. The molecule has 0 aliphatic heterocycles. The fourth-order valence-electron chi connectivity index (χ4n) is 2.73. The van der Waals surface area contributed by atoms with E-state index in [1.165, 1.54) is 5.56 Å². The molecule has 122 valence electrons. The molecule has 0 bridgehead atoms. The first-order valence-electron chi connectivity index (χ1n) is 7.96. The van der Waals surface area contributed by atoms with Crippen LogP contribution in [-0.4, -0.2) is 23.3 Å². The summed E-state index contributed by atoms with van der Waals surface area (Å²) in [5.74, 6) is 0. The molecule has 2 aromatic carbocycles. The summed E-state index contributed by atoms with van der Waals surface area (Å²) in [6.07, 6.45) is 2.03. The molecule has 4 N–H and O–H groups in total. The zero-order valence-electron chi connectivity index (χ0n) is 13.2. The fourth-order valence-corrected chi connectivity index (χ4v) is 2.73. The van der Waals surface area contributed by atoms with Gasteiger partial charge in [0.1, 0.15) is 0 Å². The lowest BCUT2D eigenvalue weighted by molar-refractivity contribution is 0.188. The zero-order chi connectivity index (χ0) is 16.5. The van der Waals surface area contributed by atoms with Crippen LogP contribution in [-0.2, 0) is 12.8 Å². The van der Waals surface area contributed by atoms with Crippen molar-refractivity contribution < 1.29 is 9.90 Å². The molecule has 2 atom stereocenters. The average Bonchev–Trinajstić information content (AvgIpc) is 2.54. The topological polar surface area (TPSA) is 75.3 Å². The molecule has 0 saturated carbocycles. The number of rotatable bonds is 8. The molecule has 0 spiro atoms. The van der Waals surface area contributed by atoms with Crippen LogP contribution in [0.2, 0.25) is 0 Å². The van der Waals surface area contributed by atoms with E-state index in [9.17, 15) is 4.79 Å². The minimum atomic E-state index is -0.984. The molecule has 0 aliphatic rings. The predicted molar refractivity (Wildman–Crippen MR) is 92.4 cm³/mol. The Morgan fingerprint density at radius 2 is 1.43 bits per heavy atom. The second-order valence-electron chi connectivity index (χ2n) is 5.86. The van der Waals surface area contributed by atoms with E-state index in [1.807, 2.05) is 48.5 Å². The molecule has 0 fully saturated rings. The minimum Gasteiger partial charge on any atom is -0.465 e. The highest BCUT2D eigenvalue weighted by molar-refractivity contribution is 5.64. The van der Waals surface area contributed by atoms with Gasteiger partial charge in [-0.2, -0.15) is 0 Å². The Bertz CT molecular complexity index is 587. The van der Waals surface area contributed by atoms with Gasteiger partial charge >= 0.3 is 6.09 Å². The van der Waals surface area contributed by atoms with E-state index < -0.39 is 6.09 Å². The Hall–Kier alpha value is -2.33. The van der Waals surface area contributed by atoms with Crippen molar-refractivity contribution in [1.82, 2.24) is 5.32 Å². The molecule has 0 aromatic heterocycles. The van der Waals surface area contributed by atoms with E-state index in [4.69, 9.17) is 10.8 Å². The highest BCUT2D eigenvalue weighted by Gasteiger charge is 2.14. The number of hydrogen-bond acceptors (Lipinski definition) is 2. The van der Waals surface area contributed by atoms with E-state index in [-0.39, 0.29) is 12.1 Å². The SMILES string of the molecule is NC(CCC(Cc1ccccc1)NC(=O)O)Cc1ccccc1. The lowest BCUT2D eigenvalue weighted by atomic mass is 9.96. The van der Waals surface area contributed by atoms with Crippen molar-refractivity contribution in [2.45, 2.75) is 37.8 Å². The van der Waals surface area contributed by atoms with Crippen molar-refractivity contribution in [2.75, 3.05) is 0 Å². The molecular weight excluding hydrogens is 288 g/mol. The summed E-state index contributed by atoms with van der Waals surface area (Å²) in [7, 11) is 0. The van der Waals surface area contributed by atoms with Gasteiger partial charge in [0.2, 0.25) is 0 Å². The van der Waals surface area contributed by atoms with E-state index in [0.717, 1.165) is 24.8 Å². The maximum Gasteiger partial charge on any atom is 0.404 e. The highest BCUT2D eigenvalue weighted by atomic mass is 16.4. The lowest BCUT2D eigenvalue weighted by Gasteiger charge is -2.19. The number of nitrogens with two attached hydrogens (primary N) is 1. The average molecular weight is 312 g/mol. The molecule has 0 saturated heterocycles. The van der Waals surface area contributed by atoms with Gasteiger partial charge in [0, 0.05) is 12.1 Å². The van der Waals surface area contributed by atoms with Crippen LogP contribution in [0, 0.1) is 0 Å². The van der Waals surface area contributed by atoms with Crippen molar-refractivity contribution in [1.29, 1.82) is 0 Å². The molecule has 23 heavy (non-hydrogen) atoms. The van der Waals surface area contributed by atoms with Crippen LogP contribution in [0.1, 0.15) is 24.0 Å². The van der Waals surface area contributed by atoms with Crippen molar-refractivity contribution in [2.24, 2.45) is 5.73 Å². The van der Waals surface area contributed by atoms with Crippen molar-refractivity contribution in [3.05, 3.63) is 71.8 Å². The minimum absolute atomic E-state index is 0.0336. The van der Waals surface area contributed by atoms with Crippen LogP contribution < -0.4 is 11.1 Å². The molecule has 4 nitrogen and oxygen atoms in total. The first-order chi connectivity index (χ1) is 11.1. The summed E-state index contributed by atoms with van der Waals surface area (Å²) in [5, 5.41) is 11.6. The first kappa shape index (κ1) is 17.0. The molecule has 4 heteroatoms. The molecule has 0 heterocycles. The molecule has 0 radical (unpaired) electrons. The standard InChI is InChI=1S/C19H24N2O2/c20-17(13-15-7-3-1-4-8-15)11-12-18(21-19(22)23)14-16-9-5-2-6-10-16/h1-10,17-18,21H,11-14,20H2,(H,22,23). The van der Waals surface area contributed by atoms with Gasteiger partial charge in [0.25, 0.3) is 0 Å². The molecule has 2 unspecified atom stereocenters. The van der Waals surface area contributed by atoms with Crippen molar-refractivity contribution in [3.8, 4) is 0 Å². The van der Waals surface area contributed by atoms with Crippen LogP contribution in [0.3, 0.4) is 0 Å². The molecule has 2 aromatic rings. The van der Waals surface area contributed by atoms with Crippen LogP contribution in [0.5, 0.6) is 0 Å². The van der Waals surface area contributed by atoms with E-state index >= 15 is 0 Å². The second kappa shape index (κ2) is 8.96. The summed E-state index contributed by atoms with van der Waals surface area (Å²) < 4.78 is 0. The Balaban J connectivity index is 1.86. The summed E-state index contributed by atoms with van der Waals surface area (Å²) in [6, 6.07) is 20.0. The largest absolute Gasteiger partial charge is 0.465 e. The maximum absolute atomic E-state index is 11.0. The Kier molecular flexibility index (Phi) is 6.63. The molecule has 1 amide bonds. The van der Waals surface area contributed by atoms with Gasteiger partial charge in [0.05, 0.1) is 0 Å². The number of nitrogens with one attached hydrogen (secondary N) is 1. The summed E-state index contributed by atoms with van der Waals surface area (Å²) >= 11 is 0. The highest BCUT2D eigenvalue weighted by Crippen LogP contribution is 2.11. The van der Waals surface area contributed by atoms with Crippen LogP contribution >= 0.6 is 0 Å². The third-order valence-electron chi connectivity index (χ3n) is 3.88. The Labute approximate surface area is 137 Å². The van der Waals surface area contributed by atoms with E-state index in [0.29, 0.717) is 6.42 Å². The lowest BCUT2D eigenvalue weighted by Crippen LogP contribution is -2.37. The van der Waals surface area contributed by atoms with Gasteiger partial charge in [-0.15, -0.1) is 0 Å². The van der Waals surface area contributed by atoms with Gasteiger partial charge in [-0.1, -0.05) is 60.7 Å². The predicted octanol–water partition coefficient (Wildman–Crippen LogP) is 3.22. The number of benzene rings is 2. The Morgan fingerprint density at radius 3 is 1.96 bits per heavy atom. The quantitative estimate of drug-likeness (QED) is 0.700. The third kappa shape index (κ3) is 6.53. The smallest absolute Gasteiger partial charge is 0.404 e. The van der Waals surface area contributed by atoms with E-state index in [2.05, 4.69) is 17.4 Å². The van der Waals surface area contributed by atoms with Gasteiger partial charge in [-0.25, -0.2) is 4.79 Å². The first-order valence-corrected chi connectivity index (χ1v) is 7.96. The fraction of sp³-hybridized carbons (Fsp3) is 0.316. The summed E-state index contributed by atoms with van der Waals surface area (Å²) in [4.78, 5) is 11.0. The van der Waals surface area contributed by atoms with Crippen LogP contribution in [0.25, 0.3) is 0 Å². The second-order valence-corrected chi connectivity index (χ2v) is 5.86. The van der Waals surface area contributed by atoms with Crippen LogP contribution in [0.15, 0.2) is 60.7 Å². The van der Waals surface area contributed by atoms with Gasteiger partial charge in [0.15, 0.2) is 0 Å². The Morgan fingerprint density at radius 1 is 0.913 bits per heavy atom. The van der Waals surface area contributed by atoms with Crippen LogP contribution in [0.4, 0.5) is 4.79 Å². The monoisotopic (exact) mass is 312 g/mol.